The molecular formula is C21H26N2O3. The molecule has 26 heavy (non-hydrogen) atoms. The number of hydrogen-bond donors (Lipinski definition) is 1. The van der Waals surface area contributed by atoms with E-state index in [0.29, 0.717) is 17.2 Å². The summed E-state index contributed by atoms with van der Waals surface area (Å²) in [5, 5.41) is 3.02. The van der Waals surface area contributed by atoms with Gasteiger partial charge < -0.3 is 14.8 Å². The molecule has 1 heterocycles. The summed E-state index contributed by atoms with van der Waals surface area (Å²) in [5.41, 5.74) is 3.12. The van der Waals surface area contributed by atoms with E-state index in [4.69, 9.17) is 9.47 Å². The van der Waals surface area contributed by atoms with Crippen molar-refractivity contribution in [3.63, 3.8) is 0 Å². The minimum absolute atomic E-state index is 0.00158. The van der Waals surface area contributed by atoms with Crippen LogP contribution in [0.5, 0.6) is 11.5 Å². The van der Waals surface area contributed by atoms with E-state index in [9.17, 15) is 4.79 Å². The van der Waals surface area contributed by atoms with Gasteiger partial charge in [-0.1, -0.05) is 29.8 Å². The Morgan fingerprint density at radius 2 is 2.04 bits per heavy atom. The molecule has 1 amide bonds. The average molecular weight is 354 g/mol. The first-order valence-electron chi connectivity index (χ1n) is 8.93. The molecule has 3 rings (SSSR count). The highest BCUT2D eigenvalue weighted by molar-refractivity contribution is 5.96. The molecule has 1 aliphatic rings. The molecule has 2 aromatic rings. The highest BCUT2D eigenvalue weighted by Crippen LogP contribution is 2.30. The van der Waals surface area contributed by atoms with Gasteiger partial charge >= 0.3 is 0 Å². The summed E-state index contributed by atoms with van der Waals surface area (Å²) in [6.07, 6.45) is 1.89. The Morgan fingerprint density at radius 1 is 1.19 bits per heavy atom. The van der Waals surface area contributed by atoms with E-state index in [1.807, 2.05) is 6.07 Å². The van der Waals surface area contributed by atoms with Crippen molar-refractivity contribution in [2.24, 2.45) is 0 Å². The largest absolute Gasteiger partial charge is 0.497 e. The fourth-order valence-electron chi connectivity index (χ4n) is 3.49. The first-order valence-corrected chi connectivity index (χ1v) is 8.93. The summed E-state index contributed by atoms with van der Waals surface area (Å²) in [6, 6.07) is 13.7. The molecule has 0 spiro atoms. The number of nitrogens with zero attached hydrogens (tertiary/aromatic N) is 1. The number of rotatable bonds is 6. The number of carbonyl (C=O) groups excluding carboxylic acids is 1. The Bertz CT molecular complexity index is 776. The number of anilines is 1. The predicted molar refractivity (Wildman–Crippen MR) is 103 cm³/mol. The molecule has 0 aliphatic carbocycles. The average Bonchev–Trinajstić information content (AvgIpc) is 3.10. The van der Waals surface area contributed by atoms with Crippen LogP contribution in [0.3, 0.4) is 0 Å². The monoisotopic (exact) mass is 354 g/mol. The molecule has 138 valence electrons. The third-order valence-electron chi connectivity index (χ3n) is 4.80. The van der Waals surface area contributed by atoms with Crippen LogP contribution in [0.25, 0.3) is 0 Å². The van der Waals surface area contributed by atoms with Crippen LogP contribution in [0.4, 0.5) is 5.69 Å². The van der Waals surface area contributed by atoms with Gasteiger partial charge in [0.1, 0.15) is 11.5 Å². The van der Waals surface area contributed by atoms with Crippen LogP contribution in [0, 0.1) is 6.92 Å². The van der Waals surface area contributed by atoms with Gasteiger partial charge in [0, 0.05) is 12.6 Å². The third-order valence-corrected chi connectivity index (χ3v) is 4.80. The molecule has 0 aromatic heterocycles. The molecule has 1 unspecified atom stereocenters. The summed E-state index contributed by atoms with van der Waals surface area (Å²) in [6.45, 7) is 3.81. The van der Waals surface area contributed by atoms with Crippen molar-refractivity contribution in [2.75, 3.05) is 26.1 Å². The fraction of sp³-hybridized carbons (Fsp3) is 0.381. The van der Waals surface area contributed by atoms with Gasteiger partial charge in [0.25, 0.3) is 0 Å². The zero-order valence-corrected chi connectivity index (χ0v) is 15.6. The Balaban J connectivity index is 1.72. The maximum atomic E-state index is 12.9. The molecule has 1 N–H and O–H groups in total. The molecule has 1 saturated heterocycles. The van der Waals surface area contributed by atoms with E-state index < -0.39 is 0 Å². The third kappa shape index (κ3) is 4.17. The van der Waals surface area contributed by atoms with E-state index in [-0.39, 0.29) is 11.9 Å². The number of carbonyl (C=O) groups is 1. The van der Waals surface area contributed by atoms with Crippen molar-refractivity contribution in [3.8, 4) is 11.5 Å². The lowest BCUT2D eigenvalue weighted by Crippen LogP contribution is -2.39. The molecule has 5 heteroatoms. The fourth-order valence-corrected chi connectivity index (χ4v) is 3.49. The second-order valence-electron chi connectivity index (χ2n) is 6.67. The Labute approximate surface area is 154 Å². The summed E-state index contributed by atoms with van der Waals surface area (Å²) in [4.78, 5) is 15.1. The van der Waals surface area contributed by atoms with Crippen molar-refractivity contribution in [1.29, 1.82) is 0 Å². The van der Waals surface area contributed by atoms with Crippen LogP contribution < -0.4 is 14.8 Å². The molecule has 2 aromatic carbocycles. The van der Waals surface area contributed by atoms with Gasteiger partial charge in [-0.3, -0.25) is 9.69 Å². The van der Waals surface area contributed by atoms with Crippen molar-refractivity contribution >= 4 is 11.6 Å². The zero-order valence-electron chi connectivity index (χ0n) is 15.6. The van der Waals surface area contributed by atoms with E-state index >= 15 is 0 Å². The minimum Gasteiger partial charge on any atom is -0.497 e. The van der Waals surface area contributed by atoms with Gasteiger partial charge in [-0.2, -0.15) is 0 Å². The van der Waals surface area contributed by atoms with E-state index in [2.05, 4.69) is 41.4 Å². The Hall–Kier alpha value is -2.53. The lowest BCUT2D eigenvalue weighted by Gasteiger charge is -2.24. The number of benzene rings is 2. The molecule has 1 fully saturated rings. The van der Waals surface area contributed by atoms with Gasteiger partial charge in [0.05, 0.1) is 25.9 Å². The maximum Gasteiger partial charge on any atom is 0.241 e. The van der Waals surface area contributed by atoms with Gasteiger partial charge in [0.15, 0.2) is 0 Å². The second kappa shape index (κ2) is 8.23. The maximum absolute atomic E-state index is 12.9. The van der Waals surface area contributed by atoms with Crippen molar-refractivity contribution in [1.82, 2.24) is 4.90 Å². The van der Waals surface area contributed by atoms with Crippen LogP contribution in [0.1, 0.15) is 24.0 Å². The minimum atomic E-state index is -0.133. The highest BCUT2D eigenvalue weighted by Gasteiger charge is 2.31. The number of nitrogens with one attached hydrogen (secondary N) is 1. The Morgan fingerprint density at radius 3 is 2.77 bits per heavy atom. The van der Waals surface area contributed by atoms with Crippen LogP contribution in [-0.4, -0.2) is 37.6 Å². The number of ether oxygens (including phenoxy) is 2. The van der Waals surface area contributed by atoms with Gasteiger partial charge in [-0.25, -0.2) is 0 Å². The molecule has 1 atom stereocenters. The first-order chi connectivity index (χ1) is 12.6. The van der Waals surface area contributed by atoms with E-state index in [1.54, 1.807) is 26.4 Å². The van der Waals surface area contributed by atoms with Crippen molar-refractivity contribution < 1.29 is 14.3 Å². The number of likely N-dealkylation sites (tertiary alicyclic amines) is 1. The Kier molecular flexibility index (Phi) is 5.78. The molecule has 0 radical (unpaired) electrons. The zero-order chi connectivity index (χ0) is 18.5. The van der Waals surface area contributed by atoms with Crippen LogP contribution in [-0.2, 0) is 11.3 Å². The molecule has 0 saturated carbocycles. The highest BCUT2D eigenvalue weighted by atomic mass is 16.5. The predicted octanol–water partition coefficient (Wildman–Crippen LogP) is 3.62. The molecular weight excluding hydrogens is 328 g/mol. The van der Waals surface area contributed by atoms with Crippen LogP contribution in [0.2, 0.25) is 0 Å². The van der Waals surface area contributed by atoms with Gasteiger partial charge in [-0.05, 0) is 44.0 Å². The summed E-state index contributed by atoms with van der Waals surface area (Å²) >= 11 is 0. The van der Waals surface area contributed by atoms with Crippen molar-refractivity contribution in [2.45, 2.75) is 32.4 Å². The van der Waals surface area contributed by atoms with Crippen LogP contribution in [0.15, 0.2) is 42.5 Å². The molecule has 5 nitrogen and oxygen atoms in total. The summed E-state index contributed by atoms with van der Waals surface area (Å²) in [5.74, 6) is 1.31. The number of amides is 1. The number of methoxy groups -OCH3 is 2. The second-order valence-corrected chi connectivity index (χ2v) is 6.67. The van der Waals surface area contributed by atoms with E-state index in [1.165, 1.54) is 11.1 Å². The number of aryl methyl sites for hydroxylation is 1. The lowest BCUT2D eigenvalue weighted by atomic mass is 10.1. The van der Waals surface area contributed by atoms with Crippen LogP contribution >= 0.6 is 0 Å². The normalized spacial score (nSPS) is 17.1. The quantitative estimate of drug-likeness (QED) is 0.861. The summed E-state index contributed by atoms with van der Waals surface area (Å²) in [7, 11) is 3.20. The summed E-state index contributed by atoms with van der Waals surface area (Å²) < 4.78 is 10.6. The first kappa shape index (κ1) is 18.3. The topological polar surface area (TPSA) is 50.8 Å². The SMILES string of the molecule is COc1ccc(OC)c(NC(=O)C2CCCN2Cc2cccc(C)c2)c1. The lowest BCUT2D eigenvalue weighted by molar-refractivity contribution is -0.120. The molecule has 1 aliphatic heterocycles. The van der Waals surface area contributed by atoms with E-state index in [0.717, 1.165) is 25.9 Å². The van der Waals surface area contributed by atoms with Gasteiger partial charge in [0.2, 0.25) is 5.91 Å². The number of hydrogen-bond acceptors (Lipinski definition) is 4. The van der Waals surface area contributed by atoms with Gasteiger partial charge in [-0.15, -0.1) is 0 Å². The van der Waals surface area contributed by atoms with Crippen molar-refractivity contribution in [3.05, 3.63) is 53.6 Å². The smallest absolute Gasteiger partial charge is 0.241 e. The standard InChI is InChI=1S/C21H26N2O3/c1-15-6-4-7-16(12-15)14-23-11-5-8-19(23)21(24)22-18-13-17(25-2)9-10-20(18)26-3/h4,6-7,9-10,12-13,19H,5,8,11,14H2,1-3H3,(H,22,24). The molecule has 0 bridgehead atoms.